The number of ether oxygens (including phenoxy) is 1. The number of piperazine rings is 1. The van der Waals surface area contributed by atoms with E-state index in [0.29, 0.717) is 12.6 Å². The fourth-order valence-electron chi connectivity index (χ4n) is 3.71. The van der Waals surface area contributed by atoms with Crippen molar-refractivity contribution in [2.45, 2.75) is 32.5 Å². The third kappa shape index (κ3) is 4.82. The molecule has 2 heterocycles. The van der Waals surface area contributed by atoms with E-state index in [9.17, 15) is 4.79 Å². The molecule has 0 aromatic heterocycles. The van der Waals surface area contributed by atoms with Crippen LogP contribution in [0.4, 0.5) is 0 Å². The number of hydrogen-bond acceptors (Lipinski definition) is 5. The van der Waals surface area contributed by atoms with Gasteiger partial charge in [-0.3, -0.25) is 14.6 Å². The summed E-state index contributed by atoms with van der Waals surface area (Å²) in [7, 11) is 0. The van der Waals surface area contributed by atoms with Gasteiger partial charge in [0.2, 0.25) is 0 Å². The molecule has 6 heteroatoms. The Morgan fingerprint density at radius 1 is 1.15 bits per heavy atom. The summed E-state index contributed by atoms with van der Waals surface area (Å²) in [6.07, 6.45) is 0.275. The molecule has 1 atom stereocenters. The third-order valence-electron chi connectivity index (χ3n) is 5.46. The highest BCUT2D eigenvalue weighted by atomic mass is 16.5. The lowest BCUT2D eigenvalue weighted by Gasteiger charge is -2.40. The van der Waals surface area contributed by atoms with Gasteiger partial charge >= 0.3 is 0 Å². The average Bonchev–Trinajstić information content (AvgIpc) is 2.68. The molecule has 0 radical (unpaired) electrons. The van der Waals surface area contributed by atoms with Gasteiger partial charge in [-0.2, -0.15) is 0 Å². The summed E-state index contributed by atoms with van der Waals surface area (Å²) in [5.74, 6) is 0.119. The molecule has 2 N–H and O–H groups in total. The van der Waals surface area contributed by atoms with Crippen LogP contribution in [0.25, 0.3) is 0 Å². The molecule has 1 amide bonds. The minimum Gasteiger partial charge on any atom is -0.374 e. The molecule has 1 aromatic rings. The van der Waals surface area contributed by atoms with Crippen LogP contribution in [0.1, 0.15) is 29.8 Å². The Morgan fingerprint density at radius 3 is 2.46 bits per heavy atom. The summed E-state index contributed by atoms with van der Waals surface area (Å²) >= 11 is 0. The van der Waals surface area contributed by atoms with E-state index in [1.165, 1.54) is 0 Å². The van der Waals surface area contributed by atoms with Crippen LogP contribution in [0.15, 0.2) is 24.3 Å². The second-order valence-electron chi connectivity index (χ2n) is 7.58. The second kappa shape index (κ2) is 8.95. The molecule has 0 aliphatic carbocycles. The summed E-state index contributed by atoms with van der Waals surface area (Å²) in [4.78, 5) is 19.5. The van der Waals surface area contributed by atoms with Crippen LogP contribution in [0.3, 0.4) is 0 Å². The van der Waals surface area contributed by atoms with E-state index in [1.807, 2.05) is 29.2 Å². The fourth-order valence-corrected chi connectivity index (χ4v) is 3.71. The highest BCUT2D eigenvalue weighted by molar-refractivity contribution is 5.94. The number of nitrogens with two attached hydrogens (primary N) is 1. The molecule has 2 fully saturated rings. The molecule has 26 heavy (non-hydrogen) atoms. The zero-order valence-electron chi connectivity index (χ0n) is 16.1. The molecule has 144 valence electrons. The minimum atomic E-state index is 0.119. The van der Waals surface area contributed by atoms with E-state index in [2.05, 4.69) is 23.6 Å². The van der Waals surface area contributed by atoms with Crippen LogP contribution in [-0.4, -0.2) is 85.2 Å². The number of rotatable bonds is 5. The second-order valence-corrected chi connectivity index (χ2v) is 7.58. The first-order chi connectivity index (χ1) is 12.6. The van der Waals surface area contributed by atoms with Gasteiger partial charge in [0.05, 0.1) is 12.7 Å². The topological polar surface area (TPSA) is 62.0 Å². The Morgan fingerprint density at radius 2 is 1.85 bits per heavy atom. The van der Waals surface area contributed by atoms with E-state index >= 15 is 0 Å². The van der Waals surface area contributed by atoms with Crippen LogP contribution < -0.4 is 5.73 Å². The molecule has 6 nitrogen and oxygen atoms in total. The molecule has 0 bridgehead atoms. The van der Waals surface area contributed by atoms with Crippen LogP contribution in [0, 0.1) is 0 Å². The number of hydrogen-bond donors (Lipinski definition) is 1. The van der Waals surface area contributed by atoms with Gasteiger partial charge in [0.1, 0.15) is 0 Å². The summed E-state index contributed by atoms with van der Waals surface area (Å²) in [5.41, 5.74) is 7.42. The molecule has 0 spiro atoms. The van der Waals surface area contributed by atoms with E-state index in [4.69, 9.17) is 10.5 Å². The molecule has 2 saturated heterocycles. The quantitative estimate of drug-likeness (QED) is 0.849. The molecule has 1 aromatic carbocycles. The van der Waals surface area contributed by atoms with Crippen molar-refractivity contribution >= 4 is 5.91 Å². The lowest BCUT2D eigenvalue weighted by Crippen LogP contribution is -2.54. The fraction of sp³-hybridized carbons (Fsp3) is 0.650. The van der Waals surface area contributed by atoms with Crippen LogP contribution in [0.5, 0.6) is 0 Å². The monoisotopic (exact) mass is 360 g/mol. The van der Waals surface area contributed by atoms with Crippen molar-refractivity contribution in [3.8, 4) is 0 Å². The number of carbonyl (C=O) groups is 1. The van der Waals surface area contributed by atoms with Crippen molar-refractivity contribution in [2.24, 2.45) is 5.73 Å². The Balaban J connectivity index is 1.47. The van der Waals surface area contributed by atoms with Gasteiger partial charge in [-0.15, -0.1) is 0 Å². The molecule has 2 aliphatic rings. The molecule has 0 saturated carbocycles. The molecule has 2 aliphatic heterocycles. The van der Waals surface area contributed by atoms with Gasteiger partial charge in [-0.05, 0) is 31.5 Å². The van der Waals surface area contributed by atoms with Gasteiger partial charge in [0, 0.05) is 64.0 Å². The summed E-state index contributed by atoms with van der Waals surface area (Å²) < 4.78 is 5.95. The van der Waals surface area contributed by atoms with Gasteiger partial charge in [-0.25, -0.2) is 0 Å². The summed E-state index contributed by atoms with van der Waals surface area (Å²) in [6.45, 7) is 12.2. The van der Waals surface area contributed by atoms with Crippen LogP contribution in [0.2, 0.25) is 0 Å². The highest BCUT2D eigenvalue weighted by Gasteiger charge is 2.27. The van der Waals surface area contributed by atoms with Gasteiger partial charge in [0.25, 0.3) is 5.91 Å². The average molecular weight is 361 g/mol. The van der Waals surface area contributed by atoms with Gasteiger partial charge < -0.3 is 15.4 Å². The molecular formula is C20H32N4O2. The zero-order valence-corrected chi connectivity index (χ0v) is 16.1. The van der Waals surface area contributed by atoms with Crippen molar-refractivity contribution < 1.29 is 9.53 Å². The van der Waals surface area contributed by atoms with Crippen molar-refractivity contribution in [1.29, 1.82) is 0 Å². The minimum absolute atomic E-state index is 0.119. The Kier molecular flexibility index (Phi) is 6.64. The first-order valence-corrected chi connectivity index (χ1v) is 9.73. The van der Waals surface area contributed by atoms with E-state index < -0.39 is 0 Å². The summed E-state index contributed by atoms with van der Waals surface area (Å²) in [5, 5.41) is 0. The van der Waals surface area contributed by atoms with E-state index in [1.54, 1.807) is 0 Å². The van der Waals surface area contributed by atoms with Crippen molar-refractivity contribution in [3.05, 3.63) is 35.4 Å². The van der Waals surface area contributed by atoms with Crippen LogP contribution in [-0.2, 0) is 11.3 Å². The standard InChI is InChI=1S/C20H32N4O2/c1-16(2)24-11-12-26-19(15-24)14-22-7-9-23(10-8-22)20(25)18-5-3-17(13-21)4-6-18/h3-6,16,19H,7-15,21H2,1-2H3. The zero-order chi connectivity index (χ0) is 18.5. The van der Waals surface area contributed by atoms with Crippen molar-refractivity contribution in [2.75, 3.05) is 52.4 Å². The van der Waals surface area contributed by atoms with E-state index in [0.717, 1.165) is 63.5 Å². The maximum absolute atomic E-state index is 12.7. The molecule has 3 rings (SSSR count). The number of amides is 1. The number of morpholine rings is 1. The van der Waals surface area contributed by atoms with Crippen molar-refractivity contribution in [3.63, 3.8) is 0 Å². The first kappa shape index (κ1) is 19.3. The lowest BCUT2D eigenvalue weighted by atomic mass is 10.1. The predicted octanol–water partition coefficient (Wildman–Crippen LogP) is 1.01. The predicted molar refractivity (Wildman–Crippen MR) is 103 cm³/mol. The number of nitrogens with zero attached hydrogens (tertiary/aromatic N) is 3. The van der Waals surface area contributed by atoms with E-state index in [-0.39, 0.29) is 12.0 Å². The normalized spacial score (nSPS) is 22.8. The maximum Gasteiger partial charge on any atom is 0.253 e. The first-order valence-electron chi connectivity index (χ1n) is 9.73. The SMILES string of the molecule is CC(C)N1CCOC(CN2CCN(C(=O)c3ccc(CN)cc3)CC2)C1. The summed E-state index contributed by atoms with van der Waals surface area (Å²) in [6, 6.07) is 8.21. The molecular weight excluding hydrogens is 328 g/mol. The van der Waals surface area contributed by atoms with Gasteiger partial charge in [0.15, 0.2) is 0 Å². The highest BCUT2D eigenvalue weighted by Crippen LogP contribution is 2.13. The molecule has 1 unspecified atom stereocenters. The lowest BCUT2D eigenvalue weighted by molar-refractivity contribution is -0.0555. The van der Waals surface area contributed by atoms with Gasteiger partial charge in [-0.1, -0.05) is 12.1 Å². The van der Waals surface area contributed by atoms with Crippen LogP contribution >= 0.6 is 0 Å². The maximum atomic E-state index is 12.7. The largest absolute Gasteiger partial charge is 0.374 e. The third-order valence-corrected chi connectivity index (χ3v) is 5.46. The number of carbonyl (C=O) groups excluding carboxylic acids is 1. The smallest absolute Gasteiger partial charge is 0.253 e. The Bertz CT molecular complexity index is 582. The number of benzene rings is 1. The Labute approximate surface area is 156 Å². The van der Waals surface area contributed by atoms with Crippen molar-refractivity contribution in [1.82, 2.24) is 14.7 Å². The Hall–Kier alpha value is -1.47.